The van der Waals surface area contributed by atoms with Gasteiger partial charge in [-0.05, 0) is 70.8 Å². The fraction of sp³-hybridized carbons (Fsp3) is 0.236. The first-order chi connectivity index (χ1) is 34.8. The van der Waals surface area contributed by atoms with Crippen molar-refractivity contribution in [3.05, 3.63) is 176 Å². The molecule has 73 heavy (non-hydrogen) atoms. The summed E-state index contributed by atoms with van der Waals surface area (Å²) in [5.74, 6) is -4.58. The highest BCUT2D eigenvalue weighted by molar-refractivity contribution is 6.33. The summed E-state index contributed by atoms with van der Waals surface area (Å²) < 4.78 is 64.6. The van der Waals surface area contributed by atoms with Crippen LogP contribution in [0.4, 0.5) is 17.6 Å². The zero-order valence-electron chi connectivity index (χ0n) is 39.1. The average molecular weight is 1040 g/mol. The number of amides is 4. The fourth-order valence-electron chi connectivity index (χ4n) is 9.04. The summed E-state index contributed by atoms with van der Waals surface area (Å²) in [6.07, 6.45) is -4.26. The molecule has 5 N–H and O–H groups in total. The number of carbonyl (C=O) groups is 6. The predicted molar refractivity (Wildman–Crippen MR) is 267 cm³/mol. The third kappa shape index (κ3) is 12.7. The molecule has 0 aliphatic carbocycles. The first-order valence-electron chi connectivity index (χ1n) is 22.9. The molecule has 4 atom stereocenters. The second-order valence-corrected chi connectivity index (χ2v) is 18.4. The Morgan fingerprint density at radius 1 is 0.575 bits per heavy atom. The molecule has 18 heteroatoms. The van der Waals surface area contributed by atoms with Crippen molar-refractivity contribution in [1.29, 1.82) is 0 Å². The Morgan fingerprint density at radius 2 is 0.986 bits per heavy atom. The van der Waals surface area contributed by atoms with Gasteiger partial charge in [-0.15, -0.1) is 0 Å². The number of primary amides is 2. The molecule has 0 spiro atoms. The highest BCUT2D eigenvalue weighted by atomic mass is 35.5. The van der Waals surface area contributed by atoms with Gasteiger partial charge in [0.15, 0.2) is 11.6 Å². The van der Waals surface area contributed by atoms with Crippen LogP contribution in [0.1, 0.15) is 55.8 Å². The quantitative estimate of drug-likeness (QED) is 0.0851. The Hall–Kier alpha value is -7.56. The molecule has 0 radical (unpaired) electrons. The van der Waals surface area contributed by atoms with Gasteiger partial charge in [-0.1, -0.05) is 96.0 Å². The zero-order valence-corrected chi connectivity index (χ0v) is 40.6. The van der Waals surface area contributed by atoms with E-state index in [0.29, 0.717) is 38.0 Å². The summed E-state index contributed by atoms with van der Waals surface area (Å²) in [6.45, 7) is -0.525. The number of benzene rings is 6. The maximum Gasteiger partial charge on any atom is 0.248 e. The number of likely N-dealkylation sites (tertiary alicyclic amines) is 2. The molecular formula is C55H48Cl2F4N4O8. The number of phenolic OH excluding ortho intramolecular Hbond substituents is 1. The van der Waals surface area contributed by atoms with Crippen LogP contribution < -0.4 is 16.2 Å². The van der Waals surface area contributed by atoms with Gasteiger partial charge in [-0.25, -0.2) is 17.6 Å². The highest BCUT2D eigenvalue weighted by Gasteiger charge is 2.41. The Kier molecular flexibility index (Phi) is 17.0. The maximum absolute atomic E-state index is 15.4. The van der Waals surface area contributed by atoms with E-state index in [1.807, 2.05) is 0 Å². The zero-order chi connectivity index (χ0) is 52.7. The average Bonchev–Trinajstić information content (AvgIpc) is 3.96. The number of alkyl halides is 2. The van der Waals surface area contributed by atoms with Gasteiger partial charge < -0.3 is 31.1 Å². The van der Waals surface area contributed by atoms with Crippen molar-refractivity contribution >= 4 is 58.4 Å². The molecule has 4 amide bonds. The van der Waals surface area contributed by atoms with Gasteiger partial charge in [0.25, 0.3) is 0 Å². The van der Waals surface area contributed by atoms with Crippen LogP contribution in [0.15, 0.2) is 121 Å². The van der Waals surface area contributed by atoms with Crippen LogP contribution in [0.2, 0.25) is 10.0 Å². The molecule has 8 rings (SSSR count). The number of hydrogen-bond acceptors (Lipinski definition) is 8. The number of nitrogens with zero attached hydrogens (tertiary/aromatic N) is 2. The summed E-state index contributed by atoms with van der Waals surface area (Å²) in [6, 6.07) is 29.1. The molecule has 6 aromatic rings. The SMILES string of the molecule is COc1cc(CC(=O)N2C[C@H](F)C[C@H]2C(=O)Cc2cccc(-c3ccccc3Cl)c2F)cc(C(N)=O)c1.NC(=O)c1cc(O)cc(CC(=O)N2C[C@H](F)C[C@H]2C(=O)Cc2cccc(-c3ccccc3Cl)c2F)c1. The van der Waals surface area contributed by atoms with Crippen molar-refractivity contribution in [2.24, 2.45) is 11.5 Å². The molecule has 0 unspecified atom stereocenters. The van der Waals surface area contributed by atoms with E-state index in [-0.39, 0.29) is 90.7 Å². The third-order valence-electron chi connectivity index (χ3n) is 12.6. The van der Waals surface area contributed by atoms with Crippen LogP contribution in [-0.2, 0) is 44.9 Å². The predicted octanol–water partition coefficient (Wildman–Crippen LogP) is 8.79. The summed E-state index contributed by atoms with van der Waals surface area (Å²) in [4.78, 5) is 77.8. The van der Waals surface area contributed by atoms with Crippen molar-refractivity contribution in [1.82, 2.24) is 9.80 Å². The molecule has 2 heterocycles. The van der Waals surface area contributed by atoms with Crippen molar-refractivity contribution < 1.29 is 56.2 Å². The standard InChI is InChI=1S/C28H25ClF2N2O4.C27H23ClF2N2O4/c1-37-20-10-16(9-18(12-20)28(32)36)11-26(35)33-15-19(30)14-24(33)25(34)13-17-5-4-7-22(27(17)31)21-6-2-3-8-23(21)29;28-22-7-2-1-5-20(22)21-6-3-4-16(26(21)30)12-24(34)23-13-18(29)14-32(23)25(35)10-15-8-17(27(31)36)11-19(33)9-15/h2-10,12,19,24H,11,13-15H2,1H3,(H2,32,36);1-9,11,18,23,33H,10,12-14H2,(H2,31,36)/t19-,24+;18-,23+/m11/s1. The van der Waals surface area contributed by atoms with Crippen LogP contribution in [0, 0.1) is 11.6 Å². The molecule has 378 valence electrons. The van der Waals surface area contributed by atoms with E-state index in [2.05, 4.69) is 0 Å². The van der Waals surface area contributed by atoms with E-state index < -0.39 is 71.3 Å². The number of hydrogen-bond donors (Lipinski definition) is 3. The summed E-state index contributed by atoms with van der Waals surface area (Å²) >= 11 is 12.4. The monoisotopic (exact) mass is 1040 g/mol. The molecule has 6 aromatic carbocycles. The molecule has 2 aliphatic heterocycles. The number of methoxy groups -OCH3 is 1. The number of ketones is 2. The largest absolute Gasteiger partial charge is 0.508 e. The van der Waals surface area contributed by atoms with Crippen LogP contribution >= 0.6 is 23.2 Å². The molecule has 0 saturated carbocycles. The minimum absolute atomic E-state index is 0.0177. The molecule has 0 bridgehead atoms. The molecule has 12 nitrogen and oxygen atoms in total. The number of halogens is 6. The lowest BCUT2D eigenvalue weighted by Gasteiger charge is -2.24. The summed E-state index contributed by atoms with van der Waals surface area (Å²) in [5, 5.41) is 10.6. The molecule has 2 fully saturated rings. The van der Waals surface area contributed by atoms with Gasteiger partial charge in [0.05, 0.1) is 45.1 Å². The topological polar surface area (TPSA) is 190 Å². The summed E-state index contributed by atoms with van der Waals surface area (Å²) in [5.41, 5.74) is 13.2. The van der Waals surface area contributed by atoms with E-state index in [0.717, 1.165) is 4.90 Å². The molecular weight excluding hydrogens is 992 g/mol. The number of ether oxygens (including phenoxy) is 1. The van der Waals surface area contributed by atoms with Gasteiger partial charge in [-0.3, -0.25) is 28.8 Å². The third-order valence-corrected chi connectivity index (χ3v) is 13.2. The highest BCUT2D eigenvalue weighted by Crippen LogP contribution is 2.34. The lowest BCUT2D eigenvalue weighted by Crippen LogP contribution is -2.42. The minimum atomic E-state index is -1.41. The first-order valence-corrected chi connectivity index (χ1v) is 23.6. The van der Waals surface area contributed by atoms with Crippen molar-refractivity contribution in [2.45, 2.75) is 63.0 Å². The second kappa shape index (κ2) is 23.3. The van der Waals surface area contributed by atoms with Gasteiger partial charge >= 0.3 is 0 Å². The molecule has 2 aliphatic rings. The Balaban J connectivity index is 0.000000214. The number of nitrogens with two attached hydrogens (primary N) is 2. The number of phenols is 1. The van der Waals surface area contributed by atoms with E-state index in [9.17, 15) is 42.7 Å². The smallest absolute Gasteiger partial charge is 0.248 e. The summed E-state index contributed by atoms with van der Waals surface area (Å²) in [7, 11) is 1.41. The van der Waals surface area contributed by atoms with Crippen LogP contribution in [-0.4, -0.2) is 94.7 Å². The molecule has 2 saturated heterocycles. The van der Waals surface area contributed by atoms with Crippen molar-refractivity contribution in [3.8, 4) is 33.8 Å². The van der Waals surface area contributed by atoms with Gasteiger partial charge in [-0.2, -0.15) is 0 Å². The number of aromatic hydroxyl groups is 1. The number of rotatable bonds is 15. The van der Waals surface area contributed by atoms with E-state index in [4.69, 9.17) is 39.4 Å². The maximum atomic E-state index is 15.4. The number of Topliss-reactive ketones (excluding diaryl/α,β-unsaturated/α-hetero) is 2. The number of carbonyl (C=O) groups excluding carboxylic acids is 6. The van der Waals surface area contributed by atoms with Crippen molar-refractivity contribution in [3.63, 3.8) is 0 Å². The van der Waals surface area contributed by atoms with E-state index in [1.54, 1.807) is 78.9 Å². The van der Waals surface area contributed by atoms with Crippen LogP contribution in [0.25, 0.3) is 22.3 Å². The van der Waals surface area contributed by atoms with E-state index >= 15 is 8.78 Å². The van der Waals surface area contributed by atoms with Gasteiger partial charge in [0.1, 0.15) is 35.5 Å². The normalized spacial score (nSPS) is 17.1. The van der Waals surface area contributed by atoms with E-state index in [1.165, 1.54) is 54.5 Å². The van der Waals surface area contributed by atoms with Gasteiger partial charge in [0.2, 0.25) is 23.6 Å². The Labute approximate surface area is 427 Å². The Bertz CT molecular complexity index is 3120. The second-order valence-electron chi connectivity index (χ2n) is 17.6. The Morgan fingerprint density at radius 3 is 1.41 bits per heavy atom. The van der Waals surface area contributed by atoms with Gasteiger partial charge in [0, 0.05) is 69.1 Å². The lowest BCUT2D eigenvalue weighted by atomic mass is 9.96. The molecule has 0 aromatic heterocycles. The fourth-order valence-corrected chi connectivity index (χ4v) is 9.52. The van der Waals surface area contributed by atoms with Crippen LogP contribution in [0.3, 0.4) is 0 Å². The lowest BCUT2D eigenvalue weighted by molar-refractivity contribution is -0.137. The first kappa shape index (κ1) is 53.2. The van der Waals surface area contributed by atoms with Crippen molar-refractivity contribution in [2.75, 3.05) is 20.2 Å². The minimum Gasteiger partial charge on any atom is -0.508 e. The van der Waals surface area contributed by atoms with Crippen LogP contribution in [0.5, 0.6) is 11.5 Å².